The third-order valence-corrected chi connectivity index (χ3v) is 5.56. The largest absolute Gasteiger partial charge is 0.340 e. The van der Waals surface area contributed by atoms with Crippen LogP contribution in [0.25, 0.3) is 11.3 Å². The lowest BCUT2D eigenvalue weighted by Gasteiger charge is -2.29. The molecule has 2 aromatic rings. The molecule has 1 aliphatic rings. The molecule has 2 heterocycles. The molecule has 1 aromatic heterocycles. The molecule has 1 saturated heterocycles. The van der Waals surface area contributed by atoms with Crippen molar-refractivity contribution >= 4 is 11.8 Å². The van der Waals surface area contributed by atoms with Crippen LogP contribution in [-0.2, 0) is 11.3 Å². The molecule has 0 aliphatic carbocycles. The van der Waals surface area contributed by atoms with E-state index in [0.29, 0.717) is 25.4 Å². The van der Waals surface area contributed by atoms with Crippen molar-refractivity contribution in [3.8, 4) is 11.3 Å². The molecule has 0 atom stereocenters. The number of amides is 1. The molecule has 0 N–H and O–H groups in total. The fraction of sp³-hybridized carbons (Fsp3) is 0.583. The topological polar surface area (TPSA) is 52.8 Å². The number of benzene rings is 1. The summed E-state index contributed by atoms with van der Waals surface area (Å²) in [5, 5.41) is 4.47. The van der Waals surface area contributed by atoms with Gasteiger partial charge in [-0.15, -0.1) is 0 Å². The van der Waals surface area contributed by atoms with Gasteiger partial charge in [0.1, 0.15) is 5.69 Å². The fourth-order valence-corrected chi connectivity index (χ4v) is 3.89. The van der Waals surface area contributed by atoms with E-state index < -0.39 is 0 Å². The summed E-state index contributed by atoms with van der Waals surface area (Å²) in [5.74, 6) is 1.36. The number of nitrogens with zero attached hydrogens (tertiary/aromatic N) is 4. The highest BCUT2D eigenvalue weighted by atomic mass is 16.5. The van der Waals surface area contributed by atoms with Gasteiger partial charge in [-0.05, 0) is 39.3 Å². The Morgan fingerprint density at radius 2 is 1.80 bits per heavy atom. The number of likely N-dealkylation sites (N-methyl/N-ethyl adjacent to an activating group) is 1. The van der Waals surface area contributed by atoms with Crippen LogP contribution < -0.4 is 4.90 Å². The molecule has 6 heteroatoms. The molecule has 6 nitrogen and oxygen atoms in total. The minimum absolute atomic E-state index is 0.191. The molecule has 0 unspecified atom stereocenters. The van der Waals surface area contributed by atoms with Gasteiger partial charge in [-0.25, -0.2) is 0 Å². The van der Waals surface area contributed by atoms with Crippen LogP contribution >= 0.6 is 0 Å². The van der Waals surface area contributed by atoms with Crippen molar-refractivity contribution in [1.29, 1.82) is 0 Å². The van der Waals surface area contributed by atoms with Gasteiger partial charge in [0.15, 0.2) is 0 Å². The van der Waals surface area contributed by atoms with Crippen LogP contribution in [0.15, 0.2) is 34.9 Å². The van der Waals surface area contributed by atoms with Gasteiger partial charge in [-0.1, -0.05) is 49.3 Å². The SMILES string of the molecule is CC(C)CC(=O)N(CCN(C)C)Cc1c(-c2ccccc2)noc1N1CCCCC1. The van der Waals surface area contributed by atoms with Crippen LogP contribution in [0.3, 0.4) is 0 Å². The van der Waals surface area contributed by atoms with E-state index in [1.54, 1.807) is 0 Å². The first kappa shape index (κ1) is 22.3. The molecular weight excluding hydrogens is 376 g/mol. The van der Waals surface area contributed by atoms with Gasteiger partial charge in [-0.3, -0.25) is 4.79 Å². The second-order valence-corrected chi connectivity index (χ2v) is 8.95. The number of piperidine rings is 1. The average Bonchev–Trinajstić information content (AvgIpc) is 3.15. The van der Waals surface area contributed by atoms with Crippen LogP contribution in [0.1, 0.15) is 45.1 Å². The van der Waals surface area contributed by atoms with E-state index in [9.17, 15) is 4.79 Å². The number of hydrogen-bond acceptors (Lipinski definition) is 5. The van der Waals surface area contributed by atoms with Crippen molar-refractivity contribution in [2.45, 2.75) is 46.1 Å². The minimum atomic E-state index is 0.191. The highest BCUT2D eigenvalue weighted by Gasteiger charge is 2.27. The molecular formula is C24H36N4O2. The van der Waals surface area contributed by atoms with E-state index in [4.69, 9.17) is 4.52 Å². The summed E-state index contributed by atoms with van der Waals surface area (Å²) in [5.41, 5.74) is 2.91. The maximum absolute atomic E-state index is 13.1. The Morgan fingerprint density at radius 1 is 1.10 bits per heavy atom. The van der Waals surface area contributed by atoms with Gasteiger partial charge in [-0.2, -0.15) is 0 Å². The molecule has 0 spiro atoms. The Labute approximate surface area is 180 Å². The molecule has 0 bridgehead atoms. The smallest absolute Gasteiger partial charge is 0.232 e. The molecule has 164 valence electrons. The van der Waals surface area contributed by atoms with Gasteiger partial charge in [0.05, 0.1) is 12.1 Å². The fourth-order valence-electron chi connectivity index (χ4n) is 3.89. The van der Waals surface area contributed by atoms with Gasteiger partial charge >= 0.3 is 0 Å². The van der Waals surface area contributed by atoms with Gasteiger partial charge in [0, 0.05) is 38.2 Å². The van der Waals surface area contributed by atoms with Crippen molar-refractivity contribution in [3.63, 3.8) is 0 Å². The van der Waals surface area contributed by atoms with E-state index in [0.717, 1.165) is 55.2 Å². The number of hydrogen-bond donors (Lipinski definition) is 0. The van der Waals surface area contributed by atoms with Crippen molar-refractivity contribution < 1.29 is 9.32 Å². The predicted octanol–water partition coefficient (Wildman–Crippen LogP) is 4.27. The molecule has 0 saturated carbocycles. The van der Waals surface area contributed by atoms with Crippen molar-refractivity contribution in [2.75, 3.05) is 45.2 Å². The summed E-state index contributed by atoms with van der Waals surface area (Å²) >= 11 is 0. The second-order valence-electron chi connectivity index (χ2n) is 8.95. The molecule has 1 aliphatic heterocycles. The molecule has 3 rings (SSSR count). The monoisotopic (exact) mass is 412 g/mol. The number of carbonyl (C=O) groups is 1. The first-order valence-corrected chi connectivity index (χ1v) is 11.2. The molecule has 1 amide bonds. The summed E-state index contributed by atoms with van der Waals surface area (Å²) in [6.45, 7) is 8.19. The van der Waals surface area contributed by atoms with E-state index >= 15 is 0 Å². The van der Waals surface area contributed by atoms with Crippen molar-refractivity contribution in [3.05, 3.63) is 35.9 Å². The van der Waals surface area contributed by atoms with Gasteiger partial charge < -0.3 is 19.2 Å². The lowest BCUT2D eigenvalue weighted by atomic mass is 10.0. The quantitative estimate of drug-likeness (QED) is 0.616. The summed E-state index contributed by atoms with van der Waals surface area (Å²) in [6, 6.07) is 10.2. The Morgan fingerprint density at radius 3 is 2.43 bits per heavy atom. The molecule has 1 aromatic carbocycles. The zero-order chi connectivity index (χ0) is 21.5. The number of aromatic nitrogens is 1. The van der Waals surface area contributed by atoms with Crippen LogP contribution in [0.4, 0.5) is 5.88 Å². The number of rotatable bonds is 9. The van der Waals surface area contributed by atoms with E-state index in [1.807, 2.05) is 37.2 Å². The maximum Gasteiger partial charge on any atom is 0.232 e. The van der Waals surface area contributed by atoms with E-state index in [1.165, 1.54) is 6.42 Å². The Bertz CT molecular complexity index is 795. The van der Waals surface area contributed by atoms with Crippen LogP contribution in [0.5, 0.6) is 0 Å². The first-order valence-electron chi connectivity index (χ1n) is 11.2. The normalized spacial score (nSPS) is 14.5. The van der Waals surface area contributed by atoms with Crippen LogP contribution in [0, 0.1) is 5.92 Å². The average molecular weight is 413 g/mol. The Balaban J connectivity index is 1.94. The third-order valence-electron chi connectivity index (χ3n) is 5.56. The summed E-state index contributed by atoms with van der Waals surface area (Å²) in [7, 11) is 4.08. The maximum atomic E-state index is 13.1. The third kappa shape index (κ3) is 5.85. The number of anilines is 1. The standard InChI is InChI=1S/C24H36N4O2/c1-19(2)17-22(29)28(16-15-26(3)4)18-21-23(20-11-7-5-8-12-20)25-30-24(21)27-13-9-6-10-14-27/h5,7-8,11-12,19H,6,9-10,13-18H2,1-4H3. The van der Waals surface area contributed by atoms with Crippen LogP contribution in [0.2, 0.25) is 0 Å². The highest BCUT2D eigenvalue weighted by molar-refractivity contribution is 5.77. The summed E-state index contributed by atoms with van der Waals surface area (Å²) in [4.78, 5) is 19.5. The molecule has 1 fully saturated rings. The summed E-state index contributed by atoms with van der Waals surface area (Å²) < 4.78 is 5.90. The summed E-state index contributed by atoms with van der Waals surface area (Å²) in [6.07, 6.45) is 4.14. The lowest BCUT2D eigenvalue weighted by Crippen LogP contribution is -2.37. The zero-order valence-electron chi connectivity index (χ0n) is 18.9. The highest BCUT2D eigenvalue weighted by Crippen LogP contribution is 2.34. The second kappa shape index (κ2) is 10.6. The zero-order valence-corrected chi connectivity index (χ0v) is 18.9. The molecule has 0 radical (unpaired) electrons. The van der Waals surface area contributed by atoms with Crippen molar-refractivity contribution in [2.24, 2.45) is 5.92 Å². The van der Waals surface area contributed by atoms with Gasteiger partial charge in [0.2, 0.25) is 11.8 Å². The van der Waals surface area contributed by atoms with Crippen LogP contribution in [-0.4, -0.2) is 61.1 Å². The Hall–Kier alpha value is -2.34. The van der Waals surface area contributed by atoms with E-state index in [2.05, 4.69) is 40.9 Å². The first-order chi connectivity index (χ1) is 14.5. The van der Waals surface area contributed by atoms with Crippen molar-refractivity contribution in [1.82, 2.24) is 15.0 Å². The van der Waals surface area contributed by atoms with E-state index in [-0.39, 0.29) is 5.91 Å². The molecule has 30 heavy (non-hydrogen) atoms. The van der Waals surface area contributed by atoms with Gasteiger partial charge in [0.25, 0.3) is 0 Å². The Kier molecular flexibility index (Phi) is 7.91. The minimum Gasteiger partial charge on any atom is -0.340 e. The number of carbonyl (C=O) groups excluding carboxylic acids is 1. The predicted molar refractivity (Wildman–Crippen MR) is 121 cm³/mol. The lowest BCUT2D eigenvalue weighted by molar-refractivity contribution is -0.132.